The molecule has 0 aliphatic rings. The average Bonchev–Trinajstić information content (AvgIpc) is 3.76. The molecule has 0 N–H and O–H groups in total. The fourth-order valence-electron chi connectivity index (χ4n) is 8.80. The quantitative estimate of drug-likeness (QED) is 0.150. The van der Waals surface area contributed by atoms with Crippen LogP contribution in [-0.4, -0.2) is 15.0 Å². The van der Waals surface area contributed by atoms with Gasteiger partial charge in [-0.25, -0.2) is 15.0 Å². The molecule has 0 bridgehead atoms. The predicted molar refractivity (Wildman–Crippen MR) is 266 cm³/mol. The molecule has 0 unspecified atom stereocenters. The molecule has 3 nitrogen and oxygen atoms in total. The molecule has 63 heavy (non-hydrogen) atoms. The van der Waals surface area contributed by atoms with Crippen molar-refractivity contribution in [2.45, 2.75) is 0 Å². The van der Waals surface area contributed by atoms with Crippen LogP contribution in [0.15, 0.2) is 224 Å². The summed E-state index contributed by atoms with van der Waals surface area (Å²) in [5, 5.41) is 6.19. The molecular formula is C59H37N3S. The van der Waals surface area contributed by atoms with Crippen LogP contribution in [0.2, 0.25) is 0 Å². The van der Waals surface area contributed by atoms with Gasteiger partial charge in [-0.2, -0.15) is 0 Å². The van der Waals surface area contributed by atoms with E-state index in [2.05, 4.69) is 212 Å². The minimum atomic E-state index is 0.692. The molecule has 12 aromatic rings. The van der Waals surface area contributed by atoms with Gasteiger partial charge in [0.2, 0.25) is 0 Å². The Hall–Kier alpha value is -8.05. The number of nitrogens with zero attached hydrogens (tertiary/aromatic N) is 3. The number of hydrogen-bond donors (Lipinski definition) is 0. The van der Waals surface area contributed by atoms with E-state index in [1.54, 1.807) is 0 Å². The van der Waals surface area contributed by atoms with Crippen molar-refractivity contribution in [3.8, 4) is 78.5 Å². The molecule has 0 saturated heterocycles. The molecule has 9 aromatic carbocycles. The molecule has 0 amide bonds. The van der Waals surface area contributed by atoms with Gasteiger partial charge in [-0.3, -0.25) is 0 Å². The smallest absolute Gasteiger partial charge is 0.160 e. The van der Waals surface area contributed by atoms with Gasteiger partial charge in [0, 0.05) is 43.1 Å². The molecule has 3 aromatic heterocycles. The molecular weight excluding hydrogens is 783 g/mol. The van der Waals surface area contributed by atoms with Crippen molar-refractivity contribution < 1.29 is 0 Å². The van der Waals surface area contributed by atoms with Crippen LogP contribution in [0, 0.1) is 0 Å². The maximum absolute atomic E-state index is 5.36. The Labute approximate surface area is 369 Å². The molecule has 0 atom stereocenters. The fourth-order valence-corrected chi connectivity index (χ4v) is 10.0. The SMILES string of the molecule is c1ccc(-c2ccc(-c3cc(-c4ccc(-c5ccc(-c6nc7cc8ccccc8cc7c7c6sc6ccccc67)cc5)cc4)nc(-c4ccc(-c5ccccc5)cc4)n3)cc2)cc1. The van der Waals surface area contributed by atoms with Gasteiger partial charge in [-0.05, 0) is 68.4 Å². The van der Waals surface area contributed by atoms with E-state index in [9.17, 15) is 0 Å². The summed E-state index contributed by atoms with van der Waals surface area (Å²) in [6.45, 7) is 0. The van der Waals surface area contributed by atoms with Gasteiger partial charge in [0.25, 0.3) is 0 Å². The van der Waals surface area contributed by atoms with E-state index >= 15 is 0 Å². The third-order valence-electron chi connectivity index (χ3n) is 12.1. The Morgan fingerprint density at radius 1 is 0.302 bits per heavy atom. The minimum Gasteiger partial charge on any atom is -0.246 e. The summed E-state index contributed by atoms with van der Waals surface area (Å²) in [4.78, 5) is 15.7. The highest BCUT2D eigenvalue weighted by molar-refractivity contribution is 7.26. The van der Waals surface area contributed by atoms with E-state index < -0.39 is 0 Å². The molecule has 0 aliphatic carbocycles. The summed E-state index contributed by atoms with van der Waals surface area (Å²) in [7, 11) is 0. The van der Waals surface area contributed by atoms with Gasteiger partial charge in [-0.1, -0.05) is 200 Å². The molecule has 12 rings (SSSR count). The number of fused-ring (bicyclic) bond motifs is 6. The summed E-state index contributed by atoms with van der Waals surface area (Å²) in [5.41, 5.74) is 14.9. The van der Waals surface area contributed by atoms with Gasteiger partial charge in [-0.15, -0.1) is 11.3 Å². The van der Waals surface area contributed by atoms with E-state index in [-0.39, 0.29) is 0 Å². The van der Waals surface area contributed by atoms with Crippen molar-refractivity contribution in [3.05, 3.63) is 224 Å². The largest absolute Gasteiger partial charge is 0.246 e. The molecule has 0 aliphatic heterocycles. The van der Waals surface area contributed by atoms with Crippen LogP contribution in [0.4, 0.5) is 0 Å². The standard InChI is InChI=1S/C59H37N3S/c1-3-11-38(12-4-1)40-19-27-44(28-20-40)52-37-53(62-59(61-52)47-33-25-41(26-34-47)39-13-5-2-6-14-39)45-29-21-42(22-30-45)43-23-31-46(32-24-43)57-58-56(50-17-9-10-18-55(50)63-58)51-35-48-15-7-8-16-49(48)36-54(51)60-57/h1-37H. The van der Waals surface area contributed by atoms with Crippen molar-refractivity contribution in [2.75, 3.05) is 0 Å². The van der Waals surface area contributed by atoms with E-state index in [1.165, 1.54) is 53.0 Å². The number of pyridine rings is 1. The zero-order chi connectivity index (χ0) is 41.7. The average molecular weight is 820 g/mol. The Morgan fingerprint density at radius 2 is 0.730 bits per heavy atom. The summed E-state index contributed by atoms with van der Waals surface area (Å²) >= 11 is 1.83. The second kappa shape index (κ2) is 15.4. The first-order chi connectivity index (χ1) is 31.2. The first-order valence-corrected chi connectivity index (χ1v) is 22.1. The van der Waals surface area contributed by atoms with Crippen LogP contribution in [0.25, 0.3) is 120 Å². The lowest BCUT2D eigenvalue weighted by Gasteiger charge is -2.12. The number of aromatic nitrogens is 3. The maximum atomic E-state index is 5.36. The first-order valence-electron chi connectivity index (χ1n) is 21.2. The monoisotopic (exact) mass is 819 g/mol. The minimum absolute atomic E-state index is 0.692. The Kier molecular flexibility index (Phi) is 9.02. The number of hydrogen-bond acceptors (Lipinski definition) is 4. The molecule has 0 radical (unpaired) electrons. The summed E-state index contributed by atoms with van der Waals surface area (Å²) in [6.07, 6.45) is 0. The lowest BCUT2D eigenvalue weighted by atomic mass is 9.98. The molecule has 294 valence electrons. The predicted octanol–water partition coefficient (Wildman–Crippen LogP) is 16.2. The van der Waals surface area contributed by atoms with E-state index in [1.807, 2.05) is 23.5 Å². The van der Waals surface area contributed by atoms with Crippen LogP contribution < -0.4 is 0 Å². The molecule has 0 spiro atoms. The third-order valence-corrected chi connectivity index (χ3v) is 13.3. The van der Waals surface area contributed by atoms with E-state index in [0.717, 1.165) is 61.5 Å². The second-order valence-electron chi connectivity index (χ2n) is 16.0. The zero-order valence-electron chi connectivity index (χ0n) is 34.1. The third kappa shape index (κ3) is 6.84. The normalized spacial score (nSPS) is 11.5. The number of rotatable bonds is 7. The summed E-state index contributed by atoms with van der Waals surface area (Å²) in [5.74, 6) is 0.692. The molecule has 3 heterocycles. The second-order valence-corrected chi connectivity index (χ2v) is 17.0. The van der Waals surface area contributed by atoms with Gasteiger partial charge >= 0.3 is 0 Å². The number of thiophene rings is 1. The summed E-state index contributed by atoms with van der Waals surface area (Å²) < 4.78 is 2.50. The highest BCUT2D eigenvalue weighted by atomic mass is 32.1. The van der Waals surface area contributed by atoms with Crippen molar-refractivity contribution in [1.82, 2.24) is 15.0 Å². The van der Waals surface area contributed by atoms with E-state index in [0.29, 0.717) is 5.82 Å². The topological polar surface area (TPSA) is 38.7 Å². The lowest BCUT2D eigenvalue weighted by molar-refractivity contribution is 1.18. The van der Waals surface area contributed by atoms with Gasteiger partial charge in [0.15, 0.2) is 5.82 Å². The lowest BCUT2D eigenvalue weighted by Crippen LogP contribution is -1.96. The van der Waals surface area contributed by atoms with Crippen LogP contribution in [0.5, 0.6) is 0 Å². The van der Waals surface area contributed by atoms with Gasteiger partial charge in [0.05, 0.1) is 27.3 Å². The Balaban J connectivity index is 0.895. The van der Waals surface area contributed by atoms with Crippen molar-refractivity contribution in [2.24, 2.45) is 0 Å². The molecule has 0 fully saturated rings. The summed E-state index contributed by atoms with van der Waals surface area (Å²) in [6, 6.07) is 79.7. The Bertz CT molecular complexity index is 3520. The van der Waals surface area contributed by atoms with Crippen LogP contribution in [-0.2, 0) is 0 Å². The van der Waals surface area contributed by atoms with Crippen LogP contribution in [0.1, 0.15) is 0 Å². The Morgan fingerprint density at radius 3 is 1.29 bits per heavy atom. The van der Waals surface area contributed by atoms with Crippen molar-refractivity contribution in [1.29, 1.82) is 0 Å². The van der Waals surface area contributed by atoms with Crippen molar-refractivity contribution >= 4 is 53.2 Å². The fraction of sp³-hybridized carbons (Fsp3) is 0. The van der Waals surface area contributed by atoms with Crippen LogP contribution in [0.3, 0.4) is 0 Å². The van der Waals surface area contributed by atoms with Gasteiger partial charge in [0.1, 0.15) is 0 Å². The van der Waals surface area contributed by atoms with E-state index in [4.69, 9.17) is 15.0 Å². The zero-order valence-corrected chi connectivity index (χ0v) is 34.9. The molecule has 0 saturated carbocycles. The maximum Gasteiger partial charge on any atom is 0.160 e. The first kappa shape index (κ1) is 36.8. The highest BCUT2D eigenvalue weighted by Crippen LogP contribution is 2.44. The highest BCUT2D eigenvalue weighted by Gasteiger charge is 2.17. The van der Waals surface area contributed by atoms with Crippen LogP contribution >= 0.6 is 11.3 Å². The molecule has 4 heteroatoms. The van der Waals surface area contributed by atoms with Crippen molar-refractivity contribution in [3.63, 3.8) is 0 Å². The van der Waals surface area contributed by atoms with Gasteiger partial charge < -0.3 is 0 Å². The number of benzene rings is 9.